The molecule has 1 amide bonds. The molecule has 0 fully saturated rings. The van der Waals surface area contributed by atoms with Crippen LogP contribution >= 0.6 is 0 Å². The number of aromatic amines is 1. The van der Waals surface area contributed by atoms with E-state index in [0.29, 0.717) is 23.7 Å². The predicted octanol–water partition coefficient (Wildman–Crippen LogP) is 4.32. The molecule has 5 aromatic rings. The van der Waals surface area contributed by atoms with Crippen LogP contribution in [0.1, 0.15) is 16.1 Å². The monoisotopic (exact) mass is 383 g/mol. The third kappa shape index (κ3) is 3.41. The zero-order chi connectivity index (χ0) is 19.6. The van der Waals surface area contributed by atoms with Crippen molar-refractivity contribution in [3.8, 4) is 11.5 Å². The Bertz CT molecular complexity index is 1280. The molecule has 3 heterocycles. The van der Waals surface area contributed by atoms with Gasteiger partial charge in [0.15, 0.2) is 11.5 Å². The second-order valence-corrected chi connectivity index (χ2v) is 6.66. The molecule has 0 bridgehead atoms. The van der Waals surface area contributed by atoms with Crippen LogP contribution in [0.4, 0.5) is 5.69 Å². The van der Waals surface area contributed by atoms with E-state index < -0.39 is 0 Å². The largest absolute Gasteiger partial charge is 0.463 e. The average molecular weight is 383 g/mol. The topological polar surface area (TPSA) is 88.7 Å². The molecule has 0 aliphatic heterocycles. The molecule has 0 aliphatic carbocycles. The van der Waals surface area contributed by atoms with Crippen LogP contribution in [0.15, 0.2) is 83.7 Å². The summed E-state index contributed by atoms with van der Waals surface area (Å²) in [5.41, 5.74) is 2.70. The highest BCUT2D eigenvalue weighted by atomic mass is 16.3. The van der Waals surface area contributed by atoms with Crippen molar-refractivity contribution in [2.45, 2.75) is 6.54 Å². The van der Waals surface area contributed by atoms with E-state index in [0.717, 1.165) is 0 Å². The number of carbonyl (C=O) groups is 1. The van der Waals surface area contributed by atoms with Crippen LogP contribution in [0.3, 0.4) is 0 Å². The van der Waals surface area contributed by atoms with E-state index in [1.165, 1.54) is 16.3 Å². The summed E-state index contributed by atoms with van der Waals surface area (Å²) in [6, 6.07) is 19.7. The minimum atomic E-state index is -0.316. The predicted molar refractivity (Wildman–Crippen MR) is 110 cm³/mol. The summed E-state index contributed by atoms with van der Waals surface area (Å²) in [5, 5.41) is 16.4. The van der Waals surface area contributed by atoms with Gasteiger partial charge in [-0.2, -0.15) is 10.2 Å². The Kier molecular flexibility index (Phi) is 4.18. The molecule has 142 valence electrons. The van der Waals surface area contributed by atoms with Crippen LogP contribution in [-0.2, 0) is 6.54 Å². The lowest BCUT2D eigenvalue weighted by atomic mass is 10.0. The fraction of sp³-hybridized carbons (Fsp3) is 0.0455. The molecule has 29 heavy (non-hydrogen) atoms. The molecule has 7 nitrogen and oxygen atoms in total. The number of amides is 1. The number of aromatic nitrogens is 4. The minimum Gasteiger partial charge on any atom is -0.463 e. The van der Waals surface area contributed by atoms with Crippen molar-refractivity contribution < 1.29 is 9.21 Å². The van der Waals surface area contributed by atoms with Gasteiger partial charge in [0.2, 0.25) is 0 Å². The van der Waals surface area contributed by atoms with Gasteiger partial charge in [0.25, 0.3) is 5.91 Å². The summed E-state index contributed by atoms with van der Waals surface area (Å²) in [6.45, 7) is 0.613. The molecule has 0 unspecified atom stereocenters. The Labute approximate surface area is 166 Å². The van der Waals surface area contributed by atoms with Crippen molar-refractivity contribution in [2.24, 2.45) is 0 Å². The van der Waals surface area contributed by atoms with Crippen molar-refractivity contribution >= 4 is 22.4 Å². The first-order chi connectivity index (χ1) is 14.3. The number of nitrogens with zero attached hydrogens (tertiary/aromatic N) is 3. The first-order valence-corrected chi connectivity index (χ1v) is 9.16. The molecule has 2 N–H and O–H groups in total. The third-order valence-corrected chi connectivity index (χ3v) is 4.70. The molecule has 7 heteroatoms. The zero-order valence-electron chi connectivity index (χ0n) is 15.4. The van der Waals surface area contributed by atoms with E-state index in [-0.39, 0.29) is 11.6 Å². The number of benzene rings is 2. The van der Waals surface area contributed by atoms with Gasteiger partial charge in [-0.1, -0.05) is 42.5 Å². The average Bonchev–Trinajstić information content (AvgIpc) is 3.50. The molecule has 0 saturated heterocycles. The fourth-order valence-electron chi connectivity index (χ4n) is 3.31. The zero-order valence-corrected chi connectivity index (χ0v) is 15.4. The van der Waals surface area contributed by atoms with E-state index in [1.807, 2.05) is 18.2 Å². The summed E-state index contributed by atoms with van der Waals surface area (Å²) < 4.78 is 7.11. The number of rotatable bonds is 5. The van der Waals surface area contributed by atoms with Crippen molar-refractivity contribution in [1.82, 2.24) is 20.0 Å². The molecular weight excluding hydrogens is 366 g/mol. The number of H-pyrrole nitrogens is 1. The molecule has 0 saturated carbocycles. The Balaban J connectivity index is 1.31. The standard InChI is InChI=1S/C22H17N5O2/c28-22(20-11-19(25-26-20)21-9-4-10-29-21)24-17-12-23-27(14-17)13-16-7-3-6-15-5-1-2-8-18(15)16/h1-12,14H,13H2,(H,24,28)(H,25,26). The van der Waals surface area contributed by atoms with Gasteiger partial charge >= 0.3 is 0 Å². The molecule has 0 radical (unpaired) electrons. The normalized spacial score (nSPS) is 11.0. The van der Waals surface area contributed by atoms with Gasteiger partial charge in [-0.3, -0.25) is 14.6 Å². The number of furan rings is 1. The van der Waals surface area contributed by atoms with E-state index in [4.69, 9.17) is 4.42 Å². The maximum absolute atomic E-state index is 12.5. The van der Waals surface area contributed by atoms with E-state index in [9.17, 15) is 4.79 Å². The molecule has 0 atom stereocenters. The van der Waals surface area contributed by atoms with E-state index in [1.54, 1.807) is 41.5 Å². The molecular formula is C22H17N5O2. The summed E-state index contributed by atoms with van der Waals surface area (Å²) in [4.78, 5) is 12.5. The second-order valence-electron chi connectivity index (χ2n) is 6.66. The van der Waals surface area contributed by atoms with Crippen LogP contribution in [0.2, 0.25) is 0 Å². The first kappa shape index (κ1) is 17.0. The number of carbonyl (C=O) groups excluding carboxylic acids is 1. The van der Waals surface area contributed by atoms with Gasteiger partial charge in [0.05, 0.1) is 24.7 Å². The lowest BCUT2D eigenvalue weighted by Crippen LogP contribution is -2.11. The Morgan fingerprint density at radius 3 is 2.90 bits per heavy atom. The minimum absolute atomic E-state index is 0.276. The molecule has 2 aromatic carbocycles. The highest BCUT2D eigenvalue weighted by Gasteiger charge is 2.14. The van der Waals surface area contributed by atoms with Gasteiger partial charge in [-0.05, 0) is 28.5 Å². The van der Waals surface area contributed by atoms with Crippen LogP contribution in [0.5, 0.6) is 0 Å². The summed E-state index contributed by atoms with van der Waals surface area (Å²) in [7, 11) is 0. The smallest absolute Gasteiger partial charge is 0.276 e. The second kappa shape index (κ2) is 7.12. The number of hydrogen-bond acceptors (Lipinski definition) is 4. The quantitative estimate of drug-likeness (QED) is 0.473. The van der Waals surface area contributed by atoms with Gasteiger partial charge in [-0.15, -0.1) is 0 Å². The van der Waals surface area contributed by atoms with Crippen LogP contribution in [0, 0.1) is 0 Å². The third-order valence-electron chi connectivity index (χ3n) is 4.70. The Morgan fingerprint density at radius 2 is 2.00 bits per heavy atom. The Morgan fingerprint density at radius 1 is 1.10 bits per heavy atom. The maximum atomic E-state index is 12.5. The highest BCUT2D eigenvalue weighted by Crippen LogP contribution is 2.21. The lowest BCUT2D eigenvalue weighted by Gasteiger charge is -2.06. The number of hydrogen-bond donors (Lipinski definition) is 2. The molecule has 0 spiro atoms. The number of nitrogens with one attached hydrogen (secondary N) is 2. The van der Waals surface area contributed by atoms with Crippen LogP contribution in [-0.4, -0.2) is 25.9 Å². The van der Waals surface area contributed by atoms with Crippen molar-refractivity contribution in [3.05, 3.63) is 90.6 Å². The molecule has 0 aliphatic rings. The SMILES string of the molecule is O=C(Nc1cnn(Cc2cccc3ccccc23)c1)c1cc(-c2ccco2)[nH]n1. The molecule has 3 aromatic heterocycles. The van der Waals surface area contributed by atoms with Crippen LogP contribution < -0.4 is 5.32 Å². The summed E-state index contributed by atoms with van der Waals surface area (Å²) in [6.07, 6.45) is 5.00. The van der Waals surface area contributed by atoms with Gasteiger partial charge < -0.3 is 9.73 Å². The van der Waals surface area contributed by atoms with Crippen molar-refractivity contribution in [3.63, 3.8) is 0 Å². The summed E-state index contributed by atoms with van der Waals surface area (Å²) >= 11 is 0. The van der Waals surface area contributed by atoms with Gasteiger partial charge in [0, 0.05) is 12.3 Å². The highest BCUT2D eigenvalue weighted by molar-refractivity contribution is 6.03. The van der Waals surface area contributed by atoms with E-state index in [2.05, 4.69) is 44.9 Å². The Hall–Kier alpha value is -4.13. The first-order valence-electron chi connectivity index (χ1n) is 9.16. The number of anilines is 1. The lowest BCUT2D eigenvalue weighted by molar-refractivity contribution is 0.102. The van der Waals surface area contributed by atoms with Crippen LogP contribution in [0.25, 0.3) is 22.2 Å². The van der Waals surface area contributed by atoms with Gasteiger partial charge in [-0.25, -0.2) is 0 Å². The van der Waals surface area contributed by atoms with Gasteiger partial charge in [0.1, 0.15) is 5.69 Å². The molecule has 5 rings (SSSR count). The maximum Gasteiger partial charge on any atom is 0.276 e. The van der Waals surface area contributed by atoms with Crippen molar-refractivity contribution in [1.29, 1.82) is 0 Å². The number of fused-ring (bicyclic) bond motifs is 1. The van der Waals surface area contributed by atoms with E-state index >= 15 is 0 Å². The summed E-state index contributed by atoms with van der Waals surface area (Å²) in [5.74, 6) is 0.309. The fourth-order valence-corrected chi connectivity index (χ4v) is 3.31. The van der Waals surface area contributed by atoms with Crippen molar-refractivity contribution in [2.75, 3.05) is 5.32 Å².